The van der Waals surface area contributed by atoms with Crippen LogP contribution in [-0.4, -0.2) is 76.2 Å². The fourth-order valence-electron chi connectivity index (χ4n) is 1.81. The van der Waals surface area contributed by atoms with Crippen LogP contribution in [0.5, 0.6) is 0 Å². The van der Waals surface area contributed by atoms with E-state index in [1.54, 1.807) is 0 Å². The first-order valence-corrected chi connectivity index (χ1v) is 7.23. The first-order valence-electron chi connectivity index (χ1n) is 6.18. The Morgan fingerprint density at radius 3 is 2.44 bits per heavy atom. The maximum Gasteiger partial charge on any atom is 0.132 e. The van der Waals surface area contributed by atoms with Gasteiger partial charge in [-0.15, -0.1) is 11.8 Å². The molecule has 1 aliphatic rings. The van der Waals surface area contributed by atoms with Crippen molar-refractivity contribution in [2.45, 2.75) is 42.7 Å². The molecule has 0 aromatic rings. The number of aliphatic hydroxyl groups excluding tert-OH is 4. The molecule has 0 bridgehead atoms. The molecule has 1 aliphatic heterocycles. The highest BCUT2D eigenvalue weighted by Crippen LogP contribution is 2.28. The van der Waals surface area contributed by atoms with E-state index in [0.29, 0.717) is 0 Å². The van der Waals surface area contributed by atoms with Crippen LogP contribution in [0.4, 0.5) is 0 Å². The summed E-state index contributed by atoms with van der Waals surface area (Å²) in [5.41, 5.74) is -0.602. The number of hydrogen-bond donors (Lipinski definition) is 5. The standard InChI is InChI=1S/C11H23NO5S/c1-12-4-2-3-5-18-11-10(16)9(15)8(14)7(6-13)17-11/h7-16H,2-6H2,1H3. The van der Waals surface area contributed by atoms with Gasteiger partial charge in [-0.05, 0) is 32.2 Å². The number of aliphatic hydroxyl groups is 4. The zero-order valence-electron chi connectivity index (χ0n) is 10.5. The summed E-state index contributed by atoms with van der Waals surface area (Å²) in [6.07, 6.45) is -2.48. The molecule has 5 unspecified atom stereocenters. The molecule has 0 spiro atoms. The monoisotopic (exact) mass is 281 g/mol. The molecule has 0 radical (unpaired) electrons. The lowest BCUT2D eigenvalue weighted by Gasteiger charge is -2.39. The number of unbranched alkanes of at least 4 members (excludes halogenated alkanes) is 1. The third kappa shape index (κ3) is 4.34. The summed E-state index contributed by atoms with van der Waals surface area (Å²) in [5, 5.41) is 41.1. The van der Waals surface area contributed by atoms with E-state index in [2.05, 4.69) is 5.32 Å². The van der Waals surface area contributed by atoms with Crippen LogP contribution in [0.15, 0.2) is 0 Å². The summed E-state index contributed by atoms with van der Waals surface area (Å²) >= 11 is 1.40. The lowest BCUT2D eigenvalue weighted by Crippen LogP contribution is -2.57. The van der Waals surface area contributed by atoms with Crippen LogP contribution in [-0.2, 0) is 4.74 Å². The van der Waals surface area contributed by atoms with Crippen molar-refractivity contribution in [3.8, 4) is 0 Å². The van der Waals surface area contributed by atoms with E-state index in [9.17, 15) is 15.3 Å². The van der Waals surface area contributed by atoms with Gasteiger partial charge in [0.1, 0.15) is 29.9 Å². The molecule has 0 saturated carbocycles. The van der Waals surface area contributed by atoms with Crippen LogP contribution in [0.3, 0.4) is 0 Å². The molecule has 1 saturated heterocycles. The molecule has 6 nitrogen and oxygen atoms in total. The van der Waals surface area contributed by atoms with Gasteiger partial charge in [0.15, 0.2) is 0 Å². The number of thioether (sulfide) groups is 1. The smallest absolute Gasteiger partial charge is 0.132 e. The molecule has 0 aliphatic carbocycles. The maximum absolute atomic E-state index is 9.77. The molecule has 0 aromatic heterocycles. The summed E-state index contributed by atoms with van der Waals surface area (Å²) in [4.78, 5) is 0. The van der Waals surface area contributed by atoms with Gasteiger partial charge in [0.25, 0.3) is 0 Å². The second kappa shape index (κ2) is 8.31. The maximum atomic E-state index is 9.77. The van der Waals surface area contributed by atoms with Crippen LogP contribution in [0, 0.1) is 0 Å². The van der Waals surface area contributed by atoms with E-state index in [4.69, 9.17) is 9.84 Å². The summed E-state index contributed by atoms with van der Waals surface area (Å²) in [5.74, 6) is 0.796. The normalized spacial score (nSPS) is 36.8. The number of ether oxygens (including phenoxy) is 1. The van der Waals surface area contributed by atoms with E-state index in [-0.39, 0.29) is 6.61 Å². The summed E-state index contributed by atoms with van der Waals surface area (Å²) < 4.78 is 5.37. The van der Waals surface area contributed by atoms with Crippen molar-refractivity contribution in [1.29, 1.82) is 0 Å². The number of hydrogen-bond acceptors (Lipinski definition) is 7. The molecule has 5 N–H and O–H groups in total. The van der Waals surface area contributed by atoms with Crippen molar-refractivity contribution in [2.75, 3.05) is 26.0 Å². The van der Waals surface area contributed by atoms with E-state index >= 15 is 0 Å². The quantitative estimate of drug-likeness (QED) is 0.363. The average Bonchev–Trinajstić information content (AvgIpc) is 2.38. The highest BCUT2D eigenvalue weighted by Gasteiger charge is 2.43. The summed E-state index contributed by atoms with van der Waals surface area (Å²) in [6, 6.07) is 0. The Morgan fingerprint density at radius 2 is 1.83 bits per heavy atom. The van der Waals surface area contributed by atoms with E-state index in [1.807, 2.05) is 7.05 Å². The molecule has 0 amide bonds. The Kier molecular flexibility index (Phi) is 7.47. The van der Waals surface area contributed by atoms with Crippen molar-refractivity contribution < 1.29 is 25.2 Å². The lowest BCUT2D eigenvalue weighted by atomic mass is 10.0. The second-order valence-electron chi connectivity index (χ2n) is 4.38. The fourth-order valence-corrected chi connectivity index (χ4v) is 2.99. The highest BCUT2D eigenvalue weighted by atomic mass is 32.2. The van der Waals surface area contributed by atoms with Gasteiger partial charge in [0.2, 0.25) is 0 Å². The highest BCUT2D eigenvalue weighted by molar-refractivity contribution is 7.99. The van der Waals surface area contributed by atoms with Crippen molar-refractivity contribution in [2.24, 2.45) is 0 Å². The first-order chi connectivity index (χ1) is 8.61. The molecule has 1 rings (SSSR count). The third-order valence-electron chi connectivity index (χ3n) is 2.95. The molecule has 18 heavy (non-hydrogen) atoms. The molecular formula is C11H23NO5S. The van der Waals surface area contributed by atoms with Crippen LogP contribution in [0.1, 0.15) is 12.8 Å². The average molecular weight is 281 g/mol. The van der Waals surface area contributed by atoms with Gasteiger partial charge in [-0.1, -0.05) is 0 Å². The number of rotatable bonds is 7. The predicted octanol–water partition coefficient (Wildman–Crippen LogP) is -1.48. The Labute approximate surface area is 111 Å². The fraction of sp³-hybridized carbons (Fsp3) is 1.00. The van der Waals surface area contributed by atoms with Gasteiger partial charge in [-0.2, -0.15) is 0 Å². The van der Waals surface area contributed by atoms with E-state index in [1.165, 1.54) is 11.8 Å². The summed E-state index contributed by atoms with van der Waals surface area (Å²) in [6.45, 7) is 0.566. The molecular weight excluding hydrogens is 258 g/mol. The number of nitrogens with one attached hydrogen (secondary N) is 1. The molecule has 1 fully saturated rings. The molecule has 7 heteroatoms. The van der Waals surface area contributed by atoms with Crippen LogP contribution in [0.2, 0.25) is 0 Å². The van der Waals surface area contributed by atoms with Crippen LogP contribution < -0.4 is 5.32 Å². The van der Waals surface area contributed by atoms with Crippen molar-refractivity contribution >= 4 is 11.8 Å². The minimum atomic E-state index is -1.27. The second-order valence-corrected chi connectivity index (χ2v) is 5.58. The SMILES string of the molecule is CNCCCCSC1OC(CO)C(O)C(O)C1O. The van der Waals surface area contributed by atoms with E-state index in [0.717, 1.165) is 25.1 Å². The molecule has 108 valence electrons. The van der Waals surface area contributed by atoms with Crippen LogP contribution >= 0.6 is 11.8 Å². The van der Waals surface area contributed by atoms with Gasteiger partial charge in [0, 0.05) is 0 Å². The first kappa shape index (κ1) is 16.2. The van der Waals surface area contributed by atoms with Crippen molar-refractivity contribution in [3.05, 3.63) is 0 Å². The predicted molar refractivity (Wildman–Crippen MR) is 69.4 cm³/mol. The topological polar surface area (TPSA) is 102 Å². The van der Waals surface area contributed by atoms with Crippen molar-refractivity contribution in [3.63, 3.8) is 0 Å². The Hall–Kier alpha value is 0.110. The van der Waals surface area contributed by atoms with Gasteiger partial charge in [-0.3, -0.25) is 0 Å². The van der Waals surface area contributed by atoms with Crippen LogP contribution in [0.25, 0.3) is 0 Å². The zero-order chi connectivity index (χ0) is 13.5. The van der Waals surface area contributed by atoms with Gasteiger partial charge in [0.05, 0.1) is 6.61 Å². The largest absolute Gasteiger partial charge is 0.394 e. The summed E-state index contributed by atoms with van der Waals surface area (Å²) in [7, 11) is 1.89. The van der Waals surface area contributed by atoms with E-state index < -0.39 is 29.9 Å². The van der Waals surface area contributed by atoms with Gasteiger partial charge >= 0.3 is 0 Å². The molecule has 0 aromatic carbocycles. The van der Waals surface area contributed by atoms with Gasteiger partial charge in [-0.25, -0.2) is 0 Å². The van der Waals surface area contributed by atoms with Gasteiger partial charge < -0.3 is 30.5 Å². The Bertz CT molecular complexity index is 231. The van der Waals surface area contributed by atoms with Crippen molar-refractivity contribution in [1.82, 2.24) is 5.32 Å². The minimum absolute atomic E-state index is 0.373. The zero-order valence-corrected chi connectivity index (χ0v) is 11.3. The third-order valence-corrected chi connectivity index (χ3v) is 4.19. The Morgan fingerprint density at radius 1 is 1.11 bits per heavy atom. The minimum Gasteiger partial charge on any atom is -0.394 e. The lowest BCUT2D eigenvalue weighted by molar-refractivity contribution is -0.205. The Balaban J connectivity index is 2.35. The molecule has 5 atom stereocenters. The molecule has 1 heterocycles.